The summed E-state index contributed by atoms with van der Waals surface area (Å²) in [4.78, 5) is 24.8. The zero-order chi connectivity index (χ0) is 17.9. The second-order valence-corrected chi connectivity index (χ2v) is 8.89. The summed E-state index contributed by atoms with van der Waals surface area (Å²) < 4.78 is 0.722. The Balaban J connectivity index is 1.77. The van der Waals surface area contributed by atoms with Crippen molar-refractivity contribution in [1.29, 1.82) is 0 Å². The summed E-state index contributed by atoms with van der Waals surface area (Å²) in [6, 6.07) is 3.01. The normalized spacial score (nSPS) is 11.2. The zero-order valence-corrected chi connectivity index (χ0v) is 16.7. The van der Waals surface area contributed by atoms with E-state index >= 15 is 0 Å². The average molecular weight is 447 g/mol. The Kier molecular flexibility index (Phi) is 7.52. The van der Waals surface area contributed by atoms with Gasteiger partial charge in [0.1, 0.15) is 8.67 Å². The molecule has 0 amide bonds. The van der Waals surface area contributed by atoms with Crippen LogP contribution in [0.5, 0.6) is 0 Å². The summed E-state index contributed by atoms with van der Waals surface area (Å²) in [5.41, 5.74) is 0. The molecule has 0 aromatic carbocycles. The molecule has 1 N–H and O–H groups in total. The maximum Gasteiger partial charge on any atom is 0.174 e. The van der Waals surface area contributed by atoms with Crippen molar-refractivity contribution in [2.75, 3.05) is 13.1 Å². The summed E-state index contributed by atoms with van der Waals surface area (Å²) in [7, 11) is 0. The highest BCUT2D eigenvalue weighted by atomic mass is 35.5. The number of thiophene rings is 2. The molecule has 0 unspecified atom stereocenters. The molecule has 4 nitrogen and oxygen atoms in total. The van der Waals surface area contributed by atoms with E-state index < -0.39 is 0 Å². The lowest BCUT2D eigenvalue weighted by Gasteiger charge is -2.13. The highest BCUT2D eigenvalue weighted by Crippen LogP contribution is 2.33. The monoisotopic (exact) mass is 445 g/mol. The van der Waals surface area contributed by atoms with E-state index in [9.17, 15) is 14.8 Å². The molecule has 0 aliphatic rings. The standard InChI is InChI=1S/C14H11Cl4NO3S2/c15-7-5-11(23-13(7)17)9(20)1-3-19(22)4-2-10(21)12-6-8(16)14(18)24-12/h5-6,22H,1-4H2. The quantitative estimate of drug-likeness (QED) is 0.401. The molecular weight excluding hydrogens is 436 g/mol. The van der Waals surface area contributed by atoms with Gasteiger partial charge in [-0.1, -0.05) is 46.4 Å². The average Bonchev–Trinajstić information content (AvgIpc) is 3.05. The first-order valence-electron chi connectivity index (χ1n) is 6.67. The second-order valence-electron chi connectivity index (χ2n) is 4.76. The molecule has 0 aliphatic carbocycles. The summed E-state index contributed by atoms with van der Waals surface area (Å²) in [5.74, 6) is -0.341. The van der Waals surface area contributed by atoms with Crippen LogP contribution in [0.2, 0.25) is 18.7 Å². The van der Waals surface area contributed by atoms with Gasteiger partial charge >= 0.3 is 0 Å². The Morgan fingerprint density at radius 3 is 1.54 bits per heavy atom. The number of hydrogen-bond donors (Lipinski definition) is 1. The van der Waals surface area contributed by atoms with Crippen molar-refractivity contribution in [3.63, 3.8) is 0 Å². The highest BCUT2D eigenvalue weighted by Gasteiger charge is 2.16. The molecule has 2 rings (SSSR count). The van der Waals surface area contributed by atoms with Gasteiger partial charge in [-0.25, -0.2) is 0 Å². The van der Waals surface area contributed by atoms with Crippen molar-refractivity contribution >= 4 is 80.6 Å². The van der Waals surface area contributed by atoms with Crippen LogP contribution in [-0.4, -0.2) is 34.9 Å². The largest absolute Gasteiger partial charge is 0.314 e. The SMILES string of the molecule is O=C(CCN(O)CCC(=O)c1cc(Cl)c(Cl)s1)c1cc(Cl)c(Cl)s1. The van der Waals surface area contributed by atoms with E-state index in [1.165, 1.54) is 12.1 Å². The maximum atomic E-state index is 12.0. The molecule has 2 aromatic rings. The predicted molar refractivity (Wildman–Crippen MR) is 99.9 cm³/mol. The third-order valence-corrected chi connectivity index (χ3v) is 6.85. The summed E-state index contributed by atoms with van der Waals surface area (Å²) in [5, 5.41) is 11.4. The first-order chi connectivity index (χ1) is 11.3. The molecule has 0 fully saturated rings. The lowest BCUT2D eigenvalue weighted by atomic mass is 10.2. The van der Waals surface area contributed by atoms with Crippen LogP contribution in [0, 0.1) is 0 Å². The van der Waals surface area contributed by atoms with Crippen LogP contribution in [0.1, 0.15) is 32.2 Å². The first kappa shape index (κ1) is 20.1. The minimum Gasteiger partial charge on any atom is -0.314 e. The van der Waals surface area contributed by atoms with Crippen molar-refractivity contribution in [2.24, 2.45) is 0 Å². The van der Waals surface area contributed by atoms with Gasteiger partial charge in [0.05, 0.1) is 19.8 Å². The Morgan fingerprint density at radius 1 is 0.875 bits per heavy atom. The topological polar surface area (TPSA) is 57.6 Å². The Labute approximate surface area is 166 Å². The molecule has 2 heterocycles. The van der Waals surface area contributed by atoms with E-state index in [0.29, 0.717) is 28.5 Å². The van der Waals surface area contributed by atoms with Gasteiger partial charge in [0, 0.05) is 25.9 Å². The first-order valence-corrected chi connectivity index (χ1v) is 9.82. The van der Waals surface area contributed by atoms with Crippen LogP contribution in [-0.2, 0) is 0 Å². The molecule has 0 saturated heterocycles. The molecule has 0 bridgehead atoms. The van der Waals surface area contributed by atoms with Gasteiger partial charge in [-0.15, -0.1) is 22.7 Å². The number of hydroxylamine groups is 2. The van der Waals surface area contributed by atoms with Crippen LogP contribution in [0.4, 0.5) is 0 Å². The Hall–Kier alpha value is -0.180. The summed E-state index contributed by atoms with van der Waals surface area (Å²) in [6.45, 7) is 0.205. The van der Waals surface area contributed by atoms with E-state index in [1.54, 1.807) is 0 Å². The number of halogens is 4. The van der Waals surface area contributed by atoms with Crippen LogP contribution in [0.15, 0.2) is 12.1 Å². The van der Waals surface area contributed by atoms with Gasteiger partial charge in [-0.3, -0.25) is 9.59 Å². The number of nitrogens with zero attached hydrogens (tertiary/aromatic N) is 1. The molecule has 0 aliphatic heterocycles. The van der Waals surface area contributed by atoms with Crippen LogP contribution in [0.3, 0.4) is 0 Å². The summed E-state index contributed by atoms with van der Waals surface area (Å²) >= 11 is 25.4. The predicted octanol–water partition coefficient (Wildman–Crippen LogP) is 5.96. The minimum absolute atomic E-state index is 0.0918. The Morgan fingerprint density at radius 2 is 1.25 bits per heavy atom. The second kappa shape index (κ2) is 8.96. The molecule has 10 heteroatoms. The number of carbonyl (C=O) groups is 2. The molecule has 0 saturated carbocycles. The third kappa shape index (κ3) is 5.41. The van der Waals surface area contributed by atoms with Gasteiger partial charge in [-0.2, -0.15) is 5.06 Å². The van der Waals surface area contributed by atoms with Crippen molar-refractivity contribution in [3.8, 4) is 0 Å². The number of rotatable bonds is 8. The van der Waals surface area contributed by atoms with E-state index in [-0.39, 0.29) is 37.5 Å². The van der Waals surface area contributed by atoms with E-state index in [4.69, 9.17) is 46.4 Å². The molecule has 0 atom stereocenters. The smallest absolute Gasteiger partial charge is 0.174 e. The number of carbonyl (C=O) groups excluding carboxylic acids is 2. The fourth-order valence-corrected chi connectivity index (χ4v) is 4.46. The van der Waals surface area contributed by atoms with Gasteiger partial charge in [0.2, 0.25) is 0 Å². The van der Waals surface area contributed by atoms with E-state index in [0.717, 1.165) is 27.7 Å². The Bertz CT molecular complexity index is 658. The number of hydrogen-bond acceptors (Lipinski definition) is 6. The lowest BCUT2D eigenvalue weighted by Crippen LogP contribution is -2.25. The van der Waals surface area contributed by atoms with Gasteiger partial charge in [0.15, 0.2) is 11.6 Å². The third-order valence-electron chi connectivity index (χ3n) is 3.03. The molecule has 24 heavy (non-hydrogen) atoms. The van der Waals surface area contributed by atoms with Crippen LogP contribution in [0.25, 0.3) is 0 Å². The number of ketones is 2. The fourth-order valence-electron chi connectivity index (χ4n) is 1.79. The number of Topliss-reactive ketones (excluding diaryl/α,β-unsaturated/α-hetero) is 2. The highest BCUT2D eigenvalue weighted by molar-refractivity contribution is 7.19. The lowest BCUT2D eigenvalue weighted by molar-refractivity contribution is -0.0883. The molecule has 0 radical (unpaired) electrons. The van der Waals surface area contributed by atoms with Gasteiger partial charge < -0.3 is 5.21 Å². The van der Waals surface area contributed by atoms with Crippen LogP contribution >= 0.6 is 69.1 Å². The molecule has 2 aromatic heterocycles. The zero-order valence-electron chi connectivity index (χ0n) is 12.0. The van der Waals surface area contributed by atoms with Crippen molar-refractivity contribution < 1.29 is 14.8 Å². The molecular formula is C14H11Cl4NO3S2. The van der Waals surface area contributed by atoms with Gasteiger partial charge in [0.25, 0.3) is 0 Å². The summed E-state index contributed by atoms with van der Waals surface area (Å²) in [6.07, 6.45) is 0.184. The molecule has 130 valence electrons. The van der Waals surface area contributed by atoms with Gasteiger partial charge in [-0.05, 0) is 12.1 Å². The van der Waals surface area contributed by atoms with Crippen LogP contribution < -0.4 is 0 Å². The fraction of sp³-hybridized carbons (Fsp3) is 0.286. The maximum absolute atomic E-state index is 12.0. The van der Waals surface area contributed by atoms with E-state index in [1.807, 2.05) is 0 Å². The molecule has 0 spiro atoms. The van der Waals surface area contributed by atoms with Crippen molar-refractivity contribution in [1.82, 2.24) is 5.06 Å². The van der Waals surface area contributed by atoms with Crippen molar-refractivity contribution in [2.45, 2.75) is 12.8 Å². The minimum atomic E-state index is -0.170. The van der Waals surface area contributed by atoms with Crippen molar-refractivity contribution in [3.05, 3.63) is 40.6 Å². The van der Waals surface area contributed by atoms with E-state index in [2.05, 4.69) is 0 Å².